The van der Waals surface area contributed by atoms with Crippen LogP contribution in [0.4, 0.5) is 5.69 Å². The molecule has 1 atom stereocenters. The summed E-state index contributed by atoms with van der Waals surface area (Å²) in [5.41, 5.74) is 6.70. The number of hydrogen-bond donors (Lipinski definition) is 1. The van der Waals surface area contributed by atoms with Crippen molar-refractivity contribution in [2.75, 3.05) is 18.5 Å². The molecule has 0 saturated carbocycles. The second kappa shape index (κ2) is 7.16. The molecule has 0 saturated heterocycles. The summed E-state index contributed by atoms with van der Waals surface area (Å²) in [6.45, 7) is 5.60. The first kappa shape index (κ1) is 14.7. The molecule has 5 heteroatoms. The van der Waals surface area contributed by atoms with Gasteiger partial charge >= 0.3 is 0 Å². The number of hydrogen-bond acceptors (Lipinski definition) is 4. The molecule has 1 rings (SSSR count). The van der Waals surface area contributed by atoms with Gasteiger partial charge in [-0.05, 0) is 12.8 Å². The molecule has 5 nitrogen and oxygen atoms in total. The maximum atomic E-state index is 11.9. The average molecular weight is 252 g/mol. The van der Waals surface area contributed by atoms with Crippen LogP contribution in [0.25, 0.3) is 0 Å². The summed E-state index contributed by atoms with van der Waals surface area (Å²) in [6, 6.07) is 1.63. The van der Waals surface area contributed by atoms with Gasteiger partial charge in [0.2, 0.25) is 0 Å². The van der Waals surface area contributed by atoms with Crippen molar-refractivity contribution in [1.29, 1.82) is 0 Å². The smallest absolute Gasteiger partial charge is 0.268 e. The lowest BCUT2D eigenvalue weighted by Gasteiger charge is -2.18. The number of aromatic nitrogens is 2. The van der Waals surface area contributed by atoms with Crippen molar-refractivity contribution in [3.63, 3.8) is 0 Å². The molecule has 0 amide bonds. The Balaban J connectivity index is 2.76. The molecule has 0 aliphatic rings. The Bertz CT molecular complexity index is 416. The van der Waals surface area contributed by atoms with Gasteiger partial charge in [0.1, 0.15) is 0 Å². The first-order valence-electron chi connectivity index (χ1n) is 6.62. The Labute approximate surface area is 109 Å². The molecule has 0 radical (unpaired) electrons. The van der Waals surface area contributed by atoms with Crippen LogP contribution >= 0.6 is 0 Å². The zero-order valence-corrected chi connectivity index (χ0v) is 11.6. The lowest BCUT2D eigenvalue weighted by atomic mass is 10.2. The van der Waals surface area contributed by atoms with Crippen molar-refractivity contribution in [3.05, 3.63) is 22.6 Å². The van der Waals surface area contributed by atoms with E-state index in [4.69, 9.17) is 5.73 Å². The van der Waals surface area contributed by atoms with Gasteiger partial charge in [0.25, 0.3) is 5.56 Å². The predicted molar refractivity (Wildman–Crippen MR) is 74.9 cm³/mol. The van der Waals surface area contributed by atoms with Gasteiger partial charge in [0.15, 0.2) is 0 Å². The van der Waals surface area contributed by atoms with Crippen LogP contribution in [-0.2, 0) is 6.54 Å². The fourth-order valence-electron chi connectivity index (χ4n) is 1.92. The van der Waals surface area contributed by atoms with Gasteiger partial charge in [-0.15, -0.1) is 0 Å². The van der Waals surface area contributed by atoms with Crippen molar-refractivity contribution < 1.29 is 0 Å². The second-order valence-electron chi connectivity index (χ2n) is 4.70. The molecule has 0 aliphatic carbocycles. The molecule has 1 unspecified atom stereocenters. The van der Waals surface area contributed by atoms with Crippen LogP contribution in [0.3, 0.4) is 0 Å². The largest absolute Gasteiger partial charge is 0.373 e. The van der Waals surface area contributed by atoms with Crippen molar-refractivity contribution >= 4 is 5.69 Å². The van der Waals surface area contributed by atoms with Crippen LogP contribution in [0.15, 0.2) is 17.1 Å². The average Bonchev–Trinajstić information content (AvgIpc) is 2.32. The van der Waals surface area contributed by atoms with Crippen LogP contribution < -0.4 is 16.2 Å². The van der Waals surface area contributed by atoms with Crippen LogP contribution in [-0.4, -0.2) is 29.4 Å². The molecule has 1 aromatic rings. The van der Waals surface area contributed by atoms with E-state index in [-0.39, 0.29) is 11.6 Å². The normalized spacial score (nSPS) is 12.4. The van der Waals surface area contributed by atoms with E-state index in [1.807, 2.05) is 11.9 Å². The molecule has 0 spiro atoms. The fraction of sp³-hybridized carbons (Fsp3) is 0.692. The lowest BCUT2D eigenvalue weighted by Crippen LogP contribution is -2.34. The number of anilines is 1. The highest BCUT2D eigenvalue weighted by molar-refractivity contribution is 5.41. The van der Waals surface area contributed by atoms with Gasteiger partial charge < -0.3 is 10.6 Å². The molecule has 0 fully saturated rings. The summed E-state index contributed by atoms with van der Waals surface area (Å²) in [7, 11) is 1.97. The number of nitrogens with zero attached hydrogens (tertiary/aromatic N) is 3. The van der Waals surface area contributed by atoms with E-state index in [1.54, 1.807) is 12.3 Å². The molecule has 1 aromatic heterocycles. The minimum absolute atomic E-state index is 0.000536. The van der Waals surface area contributed by atoms with E-state index in [9.17, 15) is 4.79 Å². The maximum absolute atomic E-state index is 11.9. The summed E-state index contributed by atoms with van der Waals surface area (Å²) < 4.78 is 1.45. The zero-order chi connectivity index (χ0) is 13.5. The first-order valence-corrected chi connectivity index (χ1v) is 6.62. The van der Waals surface area contributed by atoms with Gasteiger partial charge in [0, 0.05) is 25.7 Å². The Morgan fingerprint density at radius 3 is 2.72 bits per heavy atom. The van der Waals surface area contributed by atoms with Crippen LogP contribution in [0.2, 0.25) is 0 Å². The van der Waals surface area contributed by atoms with Crippen molar-refractivity contribution in [2.24, 2.45) is 5.73 Å². The van der Waals surface area contributed by atoms with Gasteiger partial charge in [-0.3, -0.25) is 4.79 Å². The number of rotatable bonds is 7. The van der Waals surface area contributed by atoms with Crippen LogP contribution in [0.1, 0.15) is 33.1 Å². The van der Waals surface area contributed by atoms with E-state index < -0.39 is 0 Å². The minimum Gasteiger partial charge on any atom is -0.373 e. The molecule has 0 bridgehead atoms. The molecule has 2 N–H and O–H groups in total. The minimum atomic E-state index is -0.0815. The standard InChI is InChI=1S/C13H24N4O/c1-4-6-11(14)10-17-13(18)8-12(9-15-17)16(3)7-5-2/h8-9,11H,4-7,10,14H2,1-3H3. The van der Waals surface area contributed by atoms with Gasteiger partial charge in [-0.1, -0.05) is 20.3 Å². The van der Waals surface area contributed by atoms with Crippen molar-refractivity contribution in [2.45, 2.75) is 45.7 Å². The zero-order valence-electron chi connectivity index (χ0n) is 11.6. The number of nitrogens with two attached hydrogens (primary N) is 1. The molecule has 18 heavy (non-hydrogen) atoms. The molecular weight excluding hydrogens is 228 g/mol. The first-order chi connectivity index (χ1) is 8.58. The summed E-state index contributed by atoms with van der Waals surface area (Å²) >= 11 is 0. The monoisotopic (exact) mass is 252 g/mol. The summed E-state index contributed by atoms with van der Waals surface area (Å²) in [6.07, 6.45) is 4.70. The topological polar surface area (TPSA) is 64.2 Å². The molecular formula is C13H24N4O. The Morgan fingerprint density at radius 2 is 2.17 bits per heavy atom. The third-order valence-electron chi connectivity index (χ3n) is 2.92. The van der Waals surface area contributed by atoms with E-state index in [1.165, 1.54) is 4.68 Å². The fourth-order valence-corrected chi connectivity index (χ4v) is 1.92. The van der Waals surface area contributed by atoms with E-state index in [0.29, 0.717) is 6.54 Å². The third-order valence-corrected chi connectivity index (χ3v) is 2.92. The maximum Gasteiger partial charge on any atom is 0.268 e. The predicted octanol–water partition coefficient (Wildman–Crippen LogP) is 1.22. The Morgan fingerprint density at radius 1 is 1.44 bits per heavy atom. The lowest BCUT2D eigenvalue weighted by molar-refractivity contribution is 0.465. The van der Waals surface area contributed by atoms with E-state index in [0.717, 1.165) is 31.5 Å². The molecule has 102 valence electrons. The van der Waals surface area contributed by atoms with E-state index >= 15 is 0 Å². The molecule has 1 heterocycles. The molecule has 0 aliphatic heterocycles. The highest BCUT2D eigenvalue weighted by Crippen LogP contribution is 2.07. The quantitative estimate of drug-likeness (QED) is 0.792. The highest BCUT2D eigenvalue weighted by atomic mass is 16.1. The van der Waals surface area contributed by atoms with Crippen molar-refractivity contribution in [1.82, 2.24) is 9.78 Å². The third kappa shape index (κ3) is 4.14. The van der Waals surface area contributed by atoms with Crippen molar-refractivity contribution in [3.8, 4) is 0 Å². The summed E-state index contributed by atoms with van der Waals surface area (Å²) in [4.78, 5) is 13.9. The van der Waals surface area contributed by atoms with Gasteiger partial charge in [-0.25, -0.2) is 4.68 Å². The summed E-state index contributed by atoms with van der Waals surface area (Å²) in [5, 5.41) is 4.19. The summed E-state index contributed by atoms with van der Waals surface area (Å²) in [5.74, 6) is 0. The second-order valence-corrected chi connectivity index (χ2v) is 4.70. The van der Waals surface area contributed by atoms with Gasteiger partial charge in [0.05, 0.1) is 18.4 Å². The molecule has 0 aromatic carbocycles. The SMILES string of the molecule is CCCC(N)Cn1ncc(N(C)CCC)cc1=O. The van der Waals surface area contributed by atoms with Crippen LogP contribution in [0, 0.1) is 0 Å². The van der Waals surface area contributed by atoms with E-state index in [2.05, 4.69) is 18.9 Å². The van der Waals surface area contributed by atoms with Crippen LogP contribution in [0.5, 0.6) is 0 Å². The van der Waals surface area contributed by atoms with Gasteiger partial charge in [-0.2, -0.15) is 5.10 Å². The Hall–Kier alpha value is -1.36. The Kier molecular flexibility index (Phi) is 5.85. The highest BCUT2D eigenvalue weighted by Gasteiger charge is 2.07.